The number of rotatable bonds is 0. The van der Waals surface area contributed by atoms with Crippen molar-refractivity contribution in [1.29, 1.82) is 0 Å². The Bertz CT molecular complexity index is 657. The Labute approximate surface area is 141 Å². The number of fused-ring (bicyclic) bond motifs is 1. The lowest BCUT2D eigenvalue weighted by Crippen LogP contribution is -2.39. The second-order valence-electron chi connectivity index (χ2n) is 7.70. The molecule has 1 aromatic rings. The molecule has 0 spiro atoms. The van der Waals surface area contributed by atoms with Crippen molar-refractivity contribution < 1.29 is 9.53 Å². The highest BCUT2D eigenvalue weighted by molar-refractivity contribution is 8.35. The molecule has 0 aromatic heterocycles. The zero-order valence-corrected chi connectivity index (χ0v) is 15.8. The van der Waals surface area contributed by atoms with Gasteiger partial charge in [-0.15, -0.1) is 0 Å². The quantitative estimate of drug-likeness (QED) is 0.672. The average molecular weight is 333 g/mol. The van der Waals surface area contributed by atoms with E-state index in [4.69, 9.17) is 4.74 Å². The van der Waals surface area contributed by atoms with Crippen LogP contribution in [0.5, 0.6) is 0 Å². The minimum Gasteiger partial charge on any atom is -0.444 e. The van der Waals surface area contributed by atoms with Crippen LogP contribution < -0.4 is 0 Å². The van der Waals surface area contributed by atoms with Gasteiger partial charge >= 0.3 is 6.09 Å². The van der Waals surface area contributed by atoms with E-state index in [0.717, 1.165) is 12.0 Å². The van der Waals surface area contributed by atoms with Crippen molar-refractivity contribution >= 4 is 16.1 Å². The van der Waals surface area contributed by atoms with Crippen molar-refractivity contribution in [2.75, 3.05) is 25.3 Å². The number of carbonyl (C=O) groups excluding carboxylic acids is 1. The molecule has 0 aliphatic carbocycles. The number of benzene rings is 1. The highest BCUT2D eigenvalue weighted by Gasteiger charge is 2.25. The standard InChI is InChI=1S/C19H27NO2S/c1-19(2,3)22-18(21)20-11-9-16-8-7-15(13-17(16)14-20)10-12-23(4,5)6/h7-8,13H,9,11,14H2,1-6H3. The Kier molecular flexibility index (Phi) is 5.01. The zero-order chi connectivity index (χ0) is 17.3. The summed E-state index contributed by atoms with van der Waals surface area (Å²) in [5, 5.41) is 3.34. The van der Waals surface area contributed by atoms with E-state index in [1.165, 1.54) is 11.1 Å². The number of amides is 1. The van der Waals surface area contributed by atoms with Crippen LogP contribution in [0.25, 0.3) is 0 Å². The first kappa shape index (κ1) is 17.7. The number of hydrogen-bond acceptors (Lipinski definition) is 2. The van der Waals surface area contributed by atoms with Crippen LogP contribution in [0.1, 0.15) is 37.5 Å². The first-order chi connectivity index (χ1) is 10.5. The second-order valence-corrected chi connectivity index (χ2v) is 11.6. The topological polar surface area (TPSA) is 29.5 Å². The summed E-state index contributed by atoms with van der Waals surface area (Å²) in [5.41, 5.74) is 3.05. The molecule has 0 saturated heterocycles. The summed E-state index contributed by atoms with van der Waals surface area (Å²) < 4.78 is 5.48. The van der Waals surface area contributed by atoms with E-state index >= 15 is 0 Å². The maximum absolute atomic E-state index is 12.2. The van der Waals surface area contributed by atoms with Crippen LogP contribution in [0.2, 0.25) is 0 Å². The van der Waals surface area contributed by atoms with Gasteiger partial charge in [-0.3, -0.25) is 0 Å². The molecule has 1 aliphatic rings. The van der Waals surface area contributed by atoms with E-state index in [2.05, 4.69) is 48.1 Å². The molecule has 1 amide bonds. The SMILES string of the molecule is CC(C)(C)OC(=O)N1CCc2ccc(C#CS(C)(C)C)cc2C1. The molecule has 1 heterocycles. The lowest BCUT2D eigenvalue weighted by molar-refractivity contribution is 0.0224. The van der Waals surface area contributed by atoms with Crippen LogP contribution in [-0.2, 0) is 17.7 Å². The molecular weight excluding hydrogens is 306 g/mol. The fourth-order valence-electron chi connectivity index (χ4n) is 2.33. The third-order valence-electron chi connectivity index (χ3n) is 3.37. The summed E-state index contributed by atoms with van der Waals surface area (Å²) >= 11 is 0. The van der Waals surface area contributed by atoms with E-state index in [-0.39, 0.29) is 6.09 Å². The largest absolute Gasteiger partial charge is 0.444 e. The van der Waals surface area contributed by atoms with Crippen LogP contribution >= 0.6 is 10.0 Å². The molecule has 0 unspecified atom stereocenters. The van der Waals surface area contributed by atoms with Gasteiger partial charge in [-0.05, 0) is 74.5 Å². The van der Waals surface area contributed by atoms with E-state index in [0.29, 0.717) is 13.1 Å². The van der Waals surface area contributed by atoms with Crippen LogP contribution in [0.4, 0.5) is 4.79 Å². The van der Waals surface area contributed by atoms with Crippen LogP contribution in [0.3, 0.4) is 0 Å². The van der Waals surface area contributed by atoms with E-state index < -0.39 is 15.6 Å². The fourth-order valence-corrected chi connectivity index (χ4v) is 2.75. The van der Waals surface area contributed by atoms with Crippen LogP contribution in [-0.4, -0.2) is 41.9 Å². The third kappa shape index (κ3) is 5.51. The minimum atomic E-state index is -0.834. The van der Waals surface area contributed by atoms with Gasteiger partial charge in [0.15, 0.2) is 0 Å². The number of hydrogen-bond donors (Lipinski definition) is 0. The molecule has 23 heavy (non-hydrogen) atoms. The lowest BCUT2D eigenvalue weighted by Gasteiger charge is -2.31. The molecule has 126 valence electrons. The van der Waals surface area contributed by atoms with Crippen molar-refractivity contribution in [2.45, 2.75) is 39.3 Å². The highest BCUT2D eigenvalue weighted by atomic mass is 32.3. The number of ether oxygens (including phenoxy) is 1. The van der Waals surface area contributed by atoms with Crippen molar-refractivity contribution in [3.63, 3.8) is 0 Å². The Morgan fingerprint density at radius 2 is 1.91 bits per heavy atom. The van der Waals surface area contributed by atoms with Gasteiger partial charge in [-0.25, -0.2) is 4.79 Å². The molecule has 0 radical (unpaired) electrons. The zero-order valence-electron chi connectivity index (χ0n) is 15.0. The van der Waals surface area contributed by atoms with Gasteiger partial charge in [0.05, 0.1) is 0 Å². The van der Waals surface area contributed by atoms with Crippen molar-refractivity contribution in [1.82, 2.24) is 4.90 Å². The van der Waals surface area contributed by atoms with Gasteiger partial charge in [0.1, 0.15) is 5.60 Å². The number of nitrogens with zero attached hydrogens (tertiary/aromatic N) is 1. The molecule has 0 N–H and O–H groups in total. The van der Waals surface area contributed by atoms with Gasteiger partial charge in [0.25, 0.3) is 0 Å². The molecule has 0 saturated carbocycles. The predicted molar refractivity (Wildman–Crippen MR) is 99.0 cm³/mol. The van der Waals surface area contributed by atoms with Gasteiger partial charge in [0.2, 0.25) is 0 Å². The molecule has 1 aromatic carbocycles. The Morgan fingerprint density at radius 1 is 1.22 bits per heavy atom. The summed E-state index contributed by atoms with van der Waals surface area (Å²) in [6, 6.07) is 6.34. The molecule has 0 fully saturated rings. The normalized spacial score (nSPS) is 15.3. The molecule has 4 heteroatoms. The molecule has 3 nitrogen and oxygen atoms in total. The summed E-state index contributed by atoms with van der Waals surface area (Å²) in [6.45, 7) is 6.99. The first-order valence-corrected chi connectivity index (χ1v) is 10.7. The van der Waals surface area contributed by atoms with Gasteiger partial charge in [0, 0.05) is 18.7 Å². The maximum Gasteiger partial charge on any atom is 0.410 e. The molecule has 0 atom stereocenters. The summed E-state index contributed by atoms with van der Waals surface area (Å²) in [5.74, 6) is 3.27. The highest BCUT2D eigenvalue weighted by Crippen LogP contribution is 2.32. The lowest BCUT2D eigenvalue weighted by atomic mass is 9.98. The average Bonchev–Trinajstić information content (AvgIpc) is 2.41. The fraction of sp³-hybridized carbons (Fsp3) is 0.526. The summed E-state index contributed by atoms with van der Waals surface area (Å²) in [6.07, 6.45) is 7.18. The smallest absolute Gasteiger partial charge is 0.410 e. The van der Waals surface area contributed by atoms with Gasteiger partial charge in [-0.2, -0.15) is 10.0 Å². The predicted octanol–water partition coefficient (Wildman–Crippen LogP) is 3.98. The van der Waals surface area contributed by atoms with Crippen molar-refractivity contribution in [3.05, 3.63) is 34.9 Å². The van der Waals surface area contributed by atoms with Crippen LogP contribution in [0, 0.1) is 11.2 Å². The third-order valence-corrected chi connectivity index (χ3v) is 4.09. The summed E-state index contributed by atoms with van der Waals surface area (Å²) in [4.78, 5) is 14.0. The van der Waals surface area contributed by atoms with Crippen molar-refractivity contribution in [3.8, 4) is 11.2 Å². The summed E-state index contributed by atoms with van der Waals surface area (Å²) in [7, 11) is -0.834. The molecule has 1 aliphatic heterocycles. The first-order valence-electron chi connectivity index (χ1n) is 7.84. The van der Waals surface area contributed by atoms with Gasteiger partial charge in [-0.1, -0.05) is 12.0 Å². The van der Waals surface area contributed by atoms with Crippen LogP contribution in [0.15, 0.2) is 18.2 Å². The molecule has 2 rings (SSSR count). The molecule has 0 bridgehead atoms. The Hall–Kier alpha value is -1.60. The van der Waals surface area contributed by atoms with E-state index in [9.17, 15) is 4.79 Å². The minimum absolute atomic E-state index is 0.237. The van der Waals surface area contributed by atoms with E-state index in [1.54, 1.807) is 4.90 Å². The van der Waals surface area contributed by atoms with Crippen molar-refractivity contribution in [2.24, 2.45) is 0 Å². The Morgan fingerprint density at radius 3 is 2.52 bits per heavy atom. The number of carbonyl (C=O) groups is 1. The molecular formula is C19H27NO2S. The second kappa shape index (κ2) is 6.49. The van der Waals surface area contributed by atoms with Gasteiger partial charge < -0.3 is 9.64 Å². The maximum atomic E-state index is 12.2. The monoisotopic (exact) mass is 333 g/mol. The Balaban J connectivity index is 2.16. The van der Waals surface area contributed by atoms with E-state index in [1.807, 2.05) is 20.8 Å².